The van der Waals surface area contributed by atoms with Crippen LogP contribution in [0.5, 0.6) is 17.2 Å². The summed E-state index contributed by atoms with van der Waals surface area (Å²) >= 11 is 0. The summed E-state index contributed by atoms with van der Waals surface area (Å²) in [6.45, 7) is 1.59. The number of hydrogen-bond donors (Lipinski definition) is 4. The summed E-state index contributed by atoms with van der Waals surface area (Å²) in [7, 11) is -3.81. The van der Waals surface area contributed by atoms with E-state index in [1.165, 1.54) is 24.3 Å². The van der Waals surface area contributed by atoms with E-state index in [0.29, 0.717) is 28.2 Å². The number of carbonyl (C=O) groups excluding carboxylic acids is 1. The van der Waals surface area contributed by atoms with E-state index in [0.717, 1.165) is 5.56 Å². The van der Waals surface area contributed by atoms with E-state index in [9.17, 15) is 18.3 Å². The van der Waals surface area contributed by atoms with Gasteiger partial charge in [-0.2, -0.15) is 4.99 Å². The summed E-state index contributed by atoms with van der Waals surface area (Å²) < 4.78 is 28.7. The van der Waals surface area contributed by atoms with Gasteiger partial charge in [0.05, 0.1) is 4.90 Å². The molecule has 0 radical (unpaired) electrons. The zero-order valence-electron chi connectivity index (χ0n) is 17.6. The lowest BCUT2D eigenvalue weighted by molar-refractivity contribution is -0.114. The second kappa shape index (κ2) is 9.55. The van der Waals surface area contributed by atoms with Gasteiger partial charge in [0, 0.05) is 5.57 Å². The maximum absolute atomic E-state index is 12.1. The molecule has 1 amide bonds. The van der Waals surface area contributed by atoms with Gasteiger partial charge in [-0.25, -0.2) is 13.6 Å². The Kier molecular flexibility index (Phi) is 6.80. The van der Waals surface area contributed by atoms with Crippen molar-refractivity contribution in [1.82, 2.24) is 0 Å². The minimum absolute atomic E-state index is 0.0268. The van der Waals surface area contributed by atoms with Crippen LogP contribution >= 0.6 is 0 Å². The maximum Gasteiger partial charge on any atom is 0.275 e. The SMILES string of the molecule is CC(=Cc1ccc(Oc2ccc(S(N)(=O)=O)cc2)cc1-c1ccc(O)cc1)C(=O)N=C(N)N. The smallest absolute Gasteiger partial charge is 0.275 e. The van der Waals surface area contributed by atoms with Gasteiger partial charge in [-0.3, -0.25) is 4.79 Å². The number of carbonyl (C=O) groups is 1. The molecule has 3 aromatic carbocycles. The molecule has 0 spiro atoms. The van der Waals surface area contributed by atoms with Gasteiger partial charge < -0.3 is 21.3 Å². The third-order valence-electron chi connectivity index (χ3n) is 4.53. The van der Waals surface area contributed by atoms with Crippen molar-refractivity contribution in [2.24, 2.45) is 21.6 Å². The molecule has 10 heteroatoms. The highest BCUT2D eigenvalue weighted by Crippen LogP contribution is 2.33. The molecule has 0 fully saturated rings. The Balaban J connectivity index is 2.01. The average Bonchev–Trinajstić information content (AvgIpc) is 2.74. The Morgan fingerprint density at radius 1 is 0.970 bits per heavy atom. The van der Waals surface area contributed by atoms with Crippen LogP contribution in [0.25, 0.3) is 17.2 Å². The number of nitrogens with two attached hydrogens (primary N) is 3. The predicted molar refractivity (Wildman–Crippen MR) is 126 cm³/mol. The van der Waals surface area contributed by atoms with Gasteiger partial charge >= 0.3 is 0 Å². The van der Waals surface area contributed by atoms with Crippen molar-refractivity contribution in [1.29, 1.82) is 0 Å². The first-order valence-electron chi connectivity index (χ1n) is 9.59. The number of aromatic hydroxyl groups is 1. The van der Waals surface area contributed by atoms with Crippen molar-refractivity contribution in [3.63, 3.8) is 0 Å². The van der Waals surface area contributed by atoms with Crippen molar-refractivity contribution in [3.8, 4) is 28.4 Å². The van der Waals surface area contributed by atoms with Gasteiger partial charge in [-0.15, -0.1) is 0 Å². The topological polar surface area (TPSA) is 171 Å². The Hall–Kier alpha value is -4.15. The number of primary sulfonamides is 1. The highest BCUT2D eigenvalue weighted by atomic mass is 32.2. The molecular weight excluding hydrogens is 444 g/mol. The van der Waals surface area contributed by atoms with Gasteiger partial charge in [0.25, 0.3) is 5.91 Å². The fourth-order valence-electron chi connectivity index (χ4n) is 2.95. The lowest BCUT2D eigenvalue weighted by atomic mass is 9.97. The van der Waals surface area contributed by atoms with E-state index in [1.807, 2.05) is 0 Å². The number of ether oxygens (including phenoxy) is 1. The number of phenolic OH excluding ortho intramolecular Hbond substituents is 1. The van der Waals surface area contributed by atoms with Crippen molar-refractivity contribution in [2.45, 2.75) is 11.8 Å². The summed E-state index contributed by atoms with van der Waals surface area (Å²) in [6, 6.07) is 17.4. The number of nitrogens with zero attached hydrogens (tertiary/aromatic N) is 1. The van der Waals surface area contributed by atoms with Crippen LogP contribution in [0.15, 0.2) is 82.2 Å². The summed E-state index contributed by atoms with van der Waals surface area (Å²) in [5, 5.41) is 14.8. The van der Waals surface area contributed by atoms with Crippen LogP contribution in [0.1, 0.15) is 12.5 Å². The van der Waals surface area contributed by atoms with E-state index < -0.39 is 15.9 Å². The largest absolute Gasteiger partial charge is 0.508 e. The van der Waals surface area contributed by atoms with Crippen LogP contribution in [-0.4, -0.2) is 25.4 Å². The molecule has 0 aliphatic carbocycles. The number of sulfonamides is 1. The molecule has 0 saturated carbocycles. The maximum atomic E-state index is 12.1. The van der Waals surface area contributed by atoms with Crippen LogP contribution in [0.4, 0.5) is 0 Å². The zero-order valence-corrected chi connectivity index (χ0v) is 18.4. The molecule has 0 saturated heterocycles. The molecule has 0 atom stereocenters. The summed E-state index contributed by atoms with van der Waals surface area (Å²) in [5.74, 6) is 0.0798. The van der Waals surface area contributed by atoms with Crippen molar-refractivity contribution in [2.75, 3.05) is 0 Å². The number of aliphatic imine (C=N–C) groups is 1. The number of guanidine groups is 1. The van der Waals surface area contributed by atoms with E-state index >= 15 is 0 Å². The molecule has 0 unspecified atom stereocenters. The van der Waals surface area contributed by atoms with Crippen molar-refractivity contribution in [3.05, 3.63) is 77.9 Å². The first-order valence-corrected chi connectivity index (χ1v) is 11.1. The number of hydrogen-bond acceptors (Lipinski definition) is 5. The Morgan fingerprint density at radius 3 is 2.15 bits per heavy atom. The van der Waals surface area contributed by atoms with Gasteiger partial charge in [0.1, 0.15) is 17.2 Å². The van der Waals surface area contributed by atoms with E-state index in [4.69, 9.17) is 21.3 Å². The molecule has 7 N–H and O–H groups in total. The molecule has 3 aromatic rings. The van der Waals surface area contributed by atoms with E-state index in [2.05, 4.69) is 4.99 Å². The van der Waals surface area contributed by atoms with Crippen LogP contribution in [0, 0.1) is 0 Å². The second-order valence-electron chi connectivity index (χ2n) is 7.08. The Morgan fingerprint density at radius 2 is 1.58 bits per heavy atom. The van der Waals surface area contributed by atoms with Crippen LogP contribution < -0.4 is 21.3 Å². The summed E-state index contributed by atoms with van der Waals surface area (Å²) in [5.41, 5.74) is 13.0. The quantitative estimate of drug-likeness (QED) is 0.246. The fourth-order valence-corrected chi connectivity index (χ4v) is 3.47. The lowest BCUT2D eigenvalue weighted by Gasteiger charge is -2.12. The normalized spacial score (nSPS) is 11.6. The van der Waals surface area contributed by atoms with Crippen LogP contribution in [0.3, 0.4) is 0 Å². The molecule has 0 aromatic heterocycles. The first-order chi connectivity index (χ1) is 15.5. The molecule has 0 heterocycles. The van der Waals surface area contributed by atoms with E-state index in [-0.39, 0.29) is 16.6 Å². The highest BCUT2D eigenvalue weighted by molar-refractivity contribution is 7.89. The van der Waals surface area contributed by atoms with Crippen molar-refractivity contribution < 1.29 is 23.1 Å². The molecule has 9 nitrogen and oxygen atoms in total. The third-order valence-corrected chi connectivity index (χ3v) is 5.46. The Labute approximate surface area is 190 Å². The molecule has 0 aliphatic rings. The number of phenols is 1. The summed E-state index contributed by atoms with van der Waals surface area (Å²) in [4.78, 5) is 15.6. The molecule has 0 bridgehead atoms. The lowest BCUT2D eigenvalue weighted by Crippen LogP contribution is -2.24. The van der Waals surface area contributed by atoms with Gasteiger partial charge in [-0.1, -0.05) is 18.2 Å². The molecule has 170 valence electrons. The fraction of sp³-hybridized carbons (Fsp3) is 0.0435. The molecular formula is C23H22N4O5S. The van der Waals surface area contributed by atoms with E-state index in [1.54, 1.807) is 55.5 Å². The number of rotatable bonds is 6. The predicted octanol–water partition coefficient (Wildman–Crippen LogP) is 2.70. The first kappa shape index (κ1) is 23.5. The number of benzene rings is 3. The minimum Gasteiger partial charge on any atom is -0.508 e. The van der Waals surface area contributed by atoms with Crippen LogP contribution in [0.2, 0.25) is 0 Å². The zero-order chi connectivity index (χ0) is 24.2. The number of amides is 1. The van der Waals surface area contributed by atoms with Crippen LogP contribution in [-0.2, 0) is 14.8 Å². The molecule has 3 rings (SSSR count). The molecule has 33 heavy (non-hydrogen) atoms. The molecule has 0 aliphatic heterocycles. The standard InChI is InChI=1S/C23H22N4O5S/c1-14(22(29)27-23(24)25)12-16-4-7-19(13-21(16)15-2-5-17(28)6-3-15)32-18-8-10-20(11-9-18)33(26,30)31/h2-13,28H,1H3,(H2,26,30,31)(H4,24,25,27,29). The minimum atomic E-state index is -3.81. The summed E-state index contributed by atoms with van der Waals surface area (Å²) in [6.07, 6.45) is 1.64. The Bertz CT molecular complexity index is 1340. The van der Waals surface area contributed by atoms with Gasteiger partial charge in [0.2, 0.25) is 10.0 Å². The second-order valence-corrected chi connectivity index (χ2v) is 8.65. The monoisotopic (exact) mass is 466 g/mol. The average molecular weight is 467 g/mol. The van der Waals surface area contributed by atoms with Gasteiger partial charge in [-0.05, 0) is 78.2 Å². The third kappa shape index (κ3) is 6.19. The highest BCUT2D eigenvalue weighted by Gasteiger charge is 2.11. The van der Waals surface area contributed by atoms with Crippen molar-refractivity contribution >= 4 is 28.0 Å². The van der Waals surface area contributed by atoms with Gasteiger partial charge in [0.15, 0.2) is 5.96 Å².